The highest BCUT2D eigenvalue weighted by atomic mass is 19.4. The normalized spacial score (nSPS) is 22.6. The summed E-state index contributed by atoms with van der Waals surface area (Å²) < 4.78 is 42.0. The number of piperidine rings is 1. The summed E-state index contributed by atoms with van der Waals surface area (Å²) in [6, 6.07) is 14.7. The monoisotopic (exact) mass is 408 g/mol. The van der Waals surface area contributed by atoms with Gasteiger partial charge < -0.3 is 14.7 Å². The SMILES string of the molecule is CN(C)[C@]1(c2ccccc2)CCN(C(=O)c2ccccc2OC(F)(F)F)C[C@H]1O. The van der Waals surface area contributed by atoms with Crippen LogP contribution in [-0.2, 0) is 5.54 Å². The number of alkyl halides is 3. The molecule has 1 aliphatic heterocycles. The second-order valence-electron chi connectivity index (χ2n) is 7.25. The van der Waals surface area contributed by atoms with Crippen LogP contribution in [0.15, 0.2) is 54.6 Å². The number of likely N-dealkylation sites (tertiary alicyclic amines) is 1. The van der Waals surface area contributed by atoms with E-state index in [0.717, 1.165) is 11.6 Å². The molecule has 2 aromatic rings. The molecule has 5 nitrogen and oxygen atoms in total. The van der Waals surface area contributed by atoms with Crippen molar-refractivity contribution in [1.29, 1.82) is 0 Å². The van der Waals surface area contributed by atoms with Crippen LogP contribution in [0.2, 0.25) is 0 Å². The molecule has 0 radical (unpaired) electrons. The third kappa shape index (κ3) is 4.23. The number of β-amino-alcohol motifs (C(OH)–C–C–N with tert-alkyl or cyclic N) is 1. The van der Waals surface area contributed by atoms with Crippen molar-refractivity contribution in [3.05, 3.63) is 65.7 Å². The number of carbonyl (C=O) groups excluding carboxylic acids is 1. The van der Waals surface area contributed by atoms with Gasteiger partial charge in [0.25, 0.3) is 5.91 Å². The first-order chi connectivity index (χ1) is 13.6. The molecule has 1 heterocycles. The molecule has 0 spiro atoms. The topological polar surface area (TPSA) is 53.0 Å². The highest BCUT2D eigenvalue weighted by Gasteiger charge is 2.46. The first-order valence-electron chi connectivity index (χ1n) is 9.20. The van der Waals surface area contributed by atoms with E-state index in [9.17, 15) is 23.1 Å². The van der Waals surface area contributed by atoms with Crippen molar-refractivity contribution in [2.24, 2.45) is 0 Å². The summed E-state index contributed by atoms with van der Waals surface area (Å²) in [5.41, 5.74) is 0.0412. The van der Waals surface area contributed by atoms with Crippen molar-refractivity contribution >= 4 is 5.91 Å². The number of rotatable bonds is 4. The van der Waals surface area contributed by atoms with E-state index in [1.54, 1.807) is 0 Å². The Bertz CT molecular complexity index is 858. The minimum Gasteiger partial charge on any atom is -0.405 e. The van der Waals surface area contributed by atoms with Crippen LogP contribution in [0.25, 0.3) is 0 Å². The number of likely N-dealkylation sites (N-methyl/N-ethyl adjacent to an activating group) is 1. The third-order valence-electron chi connectivity index (χ3n) is 5.41. The molecule has 0 aromatic heterocycles. The van der Waals surface area contributed by atoms with E-state index in [1.807, 2.05) is 49.3 Å². The molecule has 1 saturated heterocycles. The number of hydrogen-bond acceptors (Lipinski definition) is 4. The Hall–Kier alpha value is -2.58. The van der Waals surface area contributed by atoms with Crippen LogP contribution in [0.1, 0.15) is 22.3 Å². The Morgan fingerprint density at radius 3 is 2.34 bits per heavy atom. The number of benzene rings is 2. The highest BCUT2D eigenvalue weighted by molar-refractivity contribution is 5.97. The van der Waals surface area contributed by atoms with Crippen LogP contribution in [0.5, 0.6) is 5.75 Å². The molecule has 2 atom stereocenters. The zero-order chi connectivity index (χ0) is 21.2. The van der Waals surface area contributed by atoms with Gasteiger partial charge >= 0.3 is 6.36 Å². The molecule has 1 fully saturated rings. The van der Waals surface area contributed by atoms with Crippen LogP contribution in [-0.4, -0.2) is 60.5 Å². The number of ether oxygens (including phenoxy) is 1. The van der Waals surface area contributed by atoms with E-state index in [2.05, 4.69) is 4.74 Å². The molecular formula is C21H23F3N2O3. The lowest BCUT2D eigenvalue weighted by atomic mass is 9.77. The maximum Gasteiger partial charge on any atom is 0.573 e. The lowest BCUT2D eigenvalue weighted by Gasteiger charge is -2.49. The van der Waals surface area contributed by atoms with Gasteiger partial charge in [0.05, 0.1) is 17.2 Å². The molecule has 1 N–H and O–H groups in total. The average molecular weight is 408 g/mol. The molecule has 29 heavy (non-hydrogen) atoms. The fraction of sp³-hybridized carbons (Fsp3) is 0.381. The summed E-state index contributed by atoms with van der Waals surface area (Å²) in [5, 5.41) is 11.0. The second-order valence-corrected chi connectivity index (χ2v) is 7.25. The number of hydrogen-bond donors (Lipinski definition) is 1. The van der Waals surface area contributed by atoms with Crippen LogP contribution < -0.4 is 4.74 Å². The second kappa shape index (κ2) is 8.04. The fourth-order valence-corrected chi connectivity index (χ4v) is 3.98. The summed E-state index contributed by atoms with van der Waals surface area (Å²) >= 11 is 0. The number of amides is 1. The van der Waals surface area contributed by atoms with Crippen LogP contribution >= 0.6 is 0 Å². The van der Waals surface area contributed by atoms with Gasteiger partial charge in [-0.1, -0.05) is 42.5 Å². The summed E-state index contributed by atoms with van der Waals surface area (Å²) in [6.45, 7) is 0.273. The maximum absolute atomic E-state index is 12.9. The van der Waals surface area contributed by atoms with Gasteiger partial charge in [0.15, 0.2) is 0 Å². The summed E-state index contributed by atoms with van der Waals surface area (Å²) in [5.74, 6) is -1.16. The first kappa shape index (κ1) is 21.1. The quantitative estimate of drug-likeness (QED) is 0.844. The summed E-state index contributed by atoms with van der Waals surface area (Å²) in [4.78, 5) is 16.2. The molecule has 1 aliphatic rings. The van der Waals surface area contributed by atoms with E-state index in [0.29, 0.717) is 6.42 Å². The van der Waals surface area contributed by atoms with Gasteiger partial charge in [-0.25, -0.2) is 0 Å². The Labute approximate surface area is 167 Å². The molecule has 0 aliphatic carbocycles. The van der Waals surface area contributed by atoms with E-state index >= 15 is 0 Å². The standard InChI is InChI=1S/C21H23F3N2O3/c1-25(2)20(15-8-4-3-5-9-15)12-13-26(14-18(20)27)19(28)16-10-6-7-11-17(16)29-21(22,23)24/h3-11,18,27H,12-14H2,1-2H3/t18-,20+/m1/s1. The number of aliphatic hydroxyl groups is 1. The van der Waals surface area contributed by atoms with Crippen molar-refractivity contribution in [2.45, 2.75) is 24.4 Å². The Kier molecular flexibility index (Phi) is 5.86. The van der Waals surface area contributed by atoms with E-state index in [1.165, 1.54) is 23.1 Å². The van der Waals surface area contributed by atoms with Crippen molar-refractivity contribution in [3.63, 3.8) is 0 Å². The average Bonchev–Trinajstić information content (AvgIpc) is 2.67. The van der Waals surface area contributed by atoms with E-state index in [-0.39, 0.29) is 18.7 Å². The zero-order valence-electron chi connectivity index (χ0n) is 16.2. The first-order valence-corrected chi connectivity index (χ1v) is 9.20. The van der Waals surface area contributed by atoms with Crippen LogP contribution in [0.4, 0.5) is 13.2 Å². The molecule has 0 saturated carbocycles. The Balaban J connectivity index is 1.85. The smallest absolute Gasteiger partial charge is 0.405 e. The predicted octanol–water partition coefficient (Wildman–Crippen LogP) is 3.25. The summed E-state index contributed by atoms with van der Waals surface area (Å²) in [6.07, 6.45) is -5.39. The number of carbonyl (C=O) groups is 1. The summed E-state index contributed by atoms with van der Waals surface area (Å²) in [7, 11) is 3.72. The van der Waals surface area contributed by atoms with Gasteiger partial charge in [-0.05, 0) is 38.2 Å². The molecule has 0 unspecified atom stereocenters. The van der Waals surface area contributed by atoms with Crippen molar-refractivity contribution < 1.29 is 27.8 Å². The van der Waals surface area contributed by atoms with E-state index in [4.69, 9.17) is 0 Å². The maximum atomic E-state index is 12.9. The molecule has 2 aromatic carbocycles. The minimum atomic E-state index is -4.90. The zero-order valence-corrected chi connectivity index (χ0v) is 16.2. The largest absolute Gasteiger partial charge is 0.573 e. The van der Waals surface area contributed by atoms with Crippen molar-refractivity contribution in [3.8, 4) is 5.75 Å². The number of aliphatic hydroxyl groups excluding tert-OH is 1. The molecule has 0 bridgehead atoms. The van der Waals surface area contributed by atoms with Crippen LogP contribution in [0, 0.1) is 0 Å². The van der Waals surface area contributed by atoms with Crippen molar-refractivity contribution in [1.82, 2.24) is 9.80 Å². The van der Waals surface area contributed by atoms with Gasteiger partial charge in [-0.3, -0.25) is 9.69 Å². The lowest BCUT2D eigenvalue weighted by molar-refractivity contribution is -0.274. The van der Waals surface area contributed by atoms with Gasteiger partial charge in [-0.2, -0.15) is 0 Å². The molecule has 8 heteroatoms. The van der Waals surface area contributed by atoms with Gasteiger partial charge in [0.2, 0.25) is 0 Å². The molecule has 156 valence electrons. The molecule has 3 rings (SSSR count). The number of nitrogens with zero attached hydrogens (tertiary/aromatic N) is 2. The van der Waals surface area contributed by atoms with E-state index < -0.39 is 29.7 Å². The van der Waals surface area contributed by atoms with Gasteiger partial charge in [-0.15, -0.1) is 13.2 Å². The fourth-order valence-electron chi connectivity index (χ4n) is 3.98. The number of halogens is 3. The lowest BCUT2D eigenvalue weighted by Crippen LogP contribution is -2.60. The predicted molar refractivity (Wildman–Crippen MR) is 101 cm³/mol. The Morgan fingerprint density at radius 1 is 1.14 bits per heavy atom. The number of para-hydroxylation sites is 1. The molecule has 1 amide bonds. The van der Waals surface area contributed by atoms with Crippen molar-refractivity contribution in [2.75, 3.05) is 27.2 Å². The highest BCUT2D eigenvalue weighted by Crippen LogP contribution is 2.38. The van der Waals surface area contributed by atoms with Gasteiger partial charge in [0.1, 0.15) is 5.75 Å². The van der Waals surface area contributed by atoms with Gasteiger partial charge in [0, 0.05) is 13.1 Å². The Morgan fingerprint density at radius 2 is 1.76 bits per heavy atom. The van der Waals surface area contributed by atoms with Crippen LogP contribution in [0.3, 0.4) is 0 Å². The third-order valence-corrected chi connectivity index (χ3v) is 5.41. The molecular weight excluding hydrogens is 385 g/mol. The minimum absolute atomic E-state index is 0.00768.